The van der Waals surface area contributed by atoms with Gasteiger partial charge in [-0.3, -0.25) is 4.79 Å². The number of rotatable bonds is 5. The number of nitrogens with one attached hydrogen (secondary N) is 2. The highest BCUT2D eigenvalue weighted by Crippen LogP contribution is 2.15. The van der Waals surface area contributed by atoms with Gasteiger partial charge in [-0.1, -0.05) is 12.1 Å². The van der Waals surface area contributed by atoms with Crippen LogP contribution in [0.5, 0.6) is 0 Å². The van der Waals surface area contributed by atoms with E-state index in [4.69, 9.17) is 4.42 Å². The average molecular weight is 258 g/mol. The standard InChI is InChI=1S/C15H18N2O2/c1-11-5-6-12(2)14(8-11)17-15(18)10-16-9-13-4-3-7-19-13/h3-8,16H,9-10H2,1-2H3,(H,17,18). The maximum absolute atomic E-state index is 11.8. The third-order valence-corrected chi connectivity index (χ3v) is 2.83. The molecule has 0 atom stereocenters. The van der Waals surface area contributed by atoms with Crippen LogP contribution in [0, 0.1) is 13.8 Å². The van der Waals surface area contributed by atoms with Gasteiger partial charge in [0, 0.05) is 5.69 Å². The molecular formula is C15H18N2O2. The molecule has 0 aliphatic rings. The van der Waals surface area contributed by atoms with Gasteiger partial charge >= 0.3 is 0 Å². The Hall–Kier alpha value is -2.07. The van der Waals surface area contributed by atoms with Crippen molar-refractivity contribution in [3.05, 3.63) is 53.5 Å². The minimum Gasteiger partial charge on any atom is -0.468 e. The van der Waals surface area contributed by atoms with Crippen molar-refractivity contribution in [1.29, 1.82) is 0 Å². The molecule has 1 aromatic carbocycles. The van der Waals surface area contributed by atoms with Crippen molar-refractivity contribution < 1.29 is 9.21 Å². The van der Waals surface area contributed by atoms with E-state index in [-0.39, 0.29) is 12.5 Å². The topological polar surface area (TPSA) is 54.3 Å². The van der Waals surface area contributed by atoms with Crippen LogP contribution in [0.4, 0.5) is 5.69 Å². The van der Waals surface area contributed by atoms with E-state index >= 15 is 0 Å². The van der Waals surface area contributed by atoms with Crippen molar-refractivity contribution in [2.24, 2.45) is 0 Å². The van der Waals surface area contributed by atoms with E-state index in [9.17, 15) is 4.79 Å². The molecule has 1 amide bonds. The fourth-order valence-electron chi connectivity index (χ4n) is 1.78. The van der Waals surface area contributed by atoms with Crippen LogP contribution in [0.1, 0.15) is 16.9 Å². The molecular weight excluding hydrogens is 240 g/mol. The Bertz CT molecular complexity index is 547. The summed E-state index contributed by atoms with van der Waals surface area (Å²) in [6.07, 6.45) is 1.62. The molecule has 0 aliphatic carbocycles. The Morgan fingerprint density at radius 3 is 2.84 bits per heavy atom. The lowest BCUT2D eigenvalue weighted by molar-refractivity contribution is -0.115. The molecule has 1 aromatic heterocycles. The summed E-state index contributed by atoms with van der Waals surface area (Å²) < 4.78 is 5.17. The average Bonchev–Trinajstić information content (AvgIpc) is 2.87. The first kappa shape index (κ1) is 13.4. The molecule has 4 heteroatoms. The molecule has 0 fully saturated rings. The molecule has 0 aliphatic heterocycles. The quantitative estimate of drug-likeness (QED) is 0.866. The van der Waals surface area contributed by atoms with Crippen molar-refractivity contribution >= 4 is 11.6 Å². The largest absolute Gasteiger partial charge is 0.468 e. The first-order chi connectivity index (χ1) is 9.15. The van der Waals surface area contributed by atoms with Crippen LogP contribution in [0.15, 0.2) is 41.0 Å². The predicted molar refractivity (Wildman–Crippen MR) is 75.0 cm³/mol. The summed E-state index contributed by atoms with van der Waals surface area (Å²) in [5.41, 5.74) is 3.05. The molecule has 4 nitrogen and oxygen atoms in total. The van der Waals surface area contributed by atoms with Gasteiger partial charge in [-0.15, -0.1) is 0 Å². The minimum atomic E-state index is -0.0553. The molecule has 0 spiro atoms. The summed E-state index contributed by atoms with van der Waals surface area (Å²) in [5, 5.41) is 5.94. The molecule has 0 unspecified atom stereocenters. The number of benzene rings is 1. The number of amides is 1. The van der Waals surface area contributed by atoms with Gasteiger partial charge in [0.15, 0.2) is 0 Å². The molecule has 0 saturated heterocycles. The van der Waals surface area contributed by atoms with Crippen LogP contribution in [0.2, 0.25) is 0 Å². The lowest BCUT2D eigenvalue weighted by Gasteiger charge is -2.09. The predicted octanol–water partition coefficient (Wildman–Crippen LogP) is 2.62. The Labute approximate surface area is 112 Å². The second kappa shape index (κ2) is 6.20. The second-order valence-corrected chi connectivity index (χ2v) is 4.55. The second-order valence-electron chi connectivity index (χ2n) is 4.55. The van der Waals surface area contributed by atoms with E-state index in [2.05, 4.69) is 10.6 Å². The summed E-state index contributed by atoms with van der Waals surface area (Å²) in [4.78, 5) is 11.8. The zero-order valence-corrected chi connectivity index (χ0v) is 11.2. The number of carbonyl (C=O) groups is 1. The van der Waals surface area contributed by atoms with Crippen LogP contribution in [-0.4, -0.2) is 12.5 Å². The van der Waals surface area contributed by atoms with Crippen LogP contribution in [0.25, 0.3) is 0 Å². The lowest BCUT2D eigenvalue weighted by Crippen LogP contribution is -2.27. The van der Waals surface area contributed by atoms with Gasteiger partial charge in [0.2, 0.25) is 5.91 Å². The third-order valence-electron chi connectivity index (χ3n) is 2.83. The Kier molecular flexibility index (Phi) is 4.36. The van der Waals surface area contributed by atoms with E-state index < -0.39 is 0 Å². The van der Waals surface area contributed by atoms with Crippen molar-refractivity contribution in [1.82, 2.24) is 5.32 Å². The number of furan rings is 1. The SMILES string of the molecule is Cc1ccc(C)c(NC(=O)CNCc2ccco2)c1. The fourth-order valence-corrected chi connectivity index (χ4v) is 1.78. The maximum Gasteiger partial charge on any atom is 0.238 e. The summed E-state index contributed by atoms with van der Waals surface area (Å²) >= 11 is 0. The van der Waals surface area contributed by atoms with Gasteiger partial charge in [-0.05, 0) is 43.2 Å². The van der Waals surface area contributed by atoms with Crippen LogP contribution >= 0.6 is 0 Å². The van der Waals surface area contributed by atoms with E-state index in [1.165, 1.54) is 0 Å². The van der Waals surface area contributed by atoms with E-state index in [0.717, 1.165) is 22.6 Å². The molecule has 100 valence electrons. The van der Waals surface area contributed by atoms with Crippen LogP contribution in [-0.2, 0) is 11.3 Å². The van der Waals surface area contributed by atoms with Gasteiger partial charge in [-0.25, -0.2) is 0 Å². The van der Waals surface area contributed by atoms with Crippen molar-refractivity contribution in [3.8, 4) is 0 Å². The minimum absolute atomic E-state index is 0.0553. The lowest BCUT2D eigenvalue weighted by atomic mass is 10.1. The monoisotopic (exact) mass is 258 g/mol. The molecule has 2 aromatic rings. The van der Waals surface area contributed by atoms with E-state index in [1.54, 1.807) is 6.26 Å². The van der Waals surface area contributed by atoms with Gasteiger partial charge in [-0.2, -0.15) is 0 Å². The van der Waals surface area contributed by atoms with Gasteiger partial charge < -0.3 is 15.1 Å². The highest BCUT2D eigenvalue weighted by molar-refractivity contribution is 5.93. The molecule has 0 saturated carbocycles. The fraction of sp³-hybridized carbons (Fsp3) is 0.267. The number of hydrogen-bond acceptors (Lipinski definition) is 3. The number of hydrogen-bond donors (Lipinski definition) is 2. The summed E-state index contributed by atoms with van der Waals surface area (Å²) in [5.74, 6) is 0.764. The zero-order valence-electron chi connectivity index (χ0n) is 11.2. The van der Waals surface area contributed by atoms with Crippen LogP contribution < -0.4 is 10.6 Å². The Balaban J connectivity index is 1.82. The number of anilines is 1. The van der Waals surface area contributed by atoms with Gasteiger partial charge in [0.05, 0.1) is 19.4 Å². The molecule has 0 radical (unpaired) electrons. The number of carbonyl (C=O) groups excluding carboxylic acids is 1. The summed E-state index contributed by atoms with van der Waals surface area (Å²) in [7, 11) is 0. The maximum atomic E-state index is 11.8. The van der Waals surface area contributed by atoms with Gasteiger partial charge in [0.1, 0.15) is 5.76 Å². The van der Waals surface area contributed by atoms with Gasteiger partial charge in [0.25, 0.3) is 0 Å². The van der Waals surface area contributed by atoms with E-state index in [1.807, 2.05) is 44.2 Å². The molecule has 1 heterocycles. The highest BCUT2D eigenvalue weighted by atomic mass is 16.3. The molecule has 0 bridgehead atoms. The third kappa shape index (κ3) is 3.96. The Morgan fingerprint density at radius 2 is 2.11 bits per heavy atom. The molecule has 19 heavy (non-hydrogen) atoms. The highest BCUT2D eigenvalue weighted by Gasteiger charge is 2.05. The van der Waals surface area contributed by atoms with Crippen LogP contribution in [0.3, 0.4) is 0 Å². The first-order valence-electron chi connectivity index (χ1n) is 6.25. The van der Waals surface area contributed by atoms with Crippen molar-refractivity contribution in [3.63, 3.8) is 0 Å². The number of aryl methyl sites for hydroxylation is 2. The van der Waals surface area contributed by atoms with E-state index in [0.29, 0.717) is 6.54 Å². The molecule has 2 rings (SSSR count). The summed E-state index contributed by atoms with van der Waals surface area (Å²) in [6, 6.07) is 9.70. The molecule has 2 N–H and O–H groups in total. The zero-order chi connectivity index (χ0) is 13.7. The first-order valence-corrected chi connectivity index (χ1v) is 6.25. The summed E-state index contributed by atoms with van der Waals surface area (Å²) in [6.45, 7) is 4.79. The van der Waals surface area contributed by atoms with Crippen molar-refractivity contribution in [2.45, 2.75) is 20.4 Å². The smallest absolute Gasteiger partial charge is 0.238 e. The van der Waals surface area contributed by atoms with Crippen molar-refractivity contribution in [2.75, 3.05) is 11.9 Å². The Morgan fingerprint density at radius 1 is 1.26 bits per heavy atom. The normalized spacial score (nSPS) is 10.4.